The molecule has 0 spiro atoms. The maximum atomic E-state index is 13.6. The number of nitrogens with two attached hydrogens (primary N) is 1. The summed E-state index contributed by atoms with van der Waals surface area (Å²) in [5.41, 5.74) is 5.55. The molecule has 0 saturated heterocycles. The van der Waals surface area contributed by atoms with Gasteiger partial charge in [0, 0.05) is 12.1 Å². The summed E-state index contributed by atoms with van der Waals surface area (Å²) in [6, 6.07) is 1.27. The van der Waals surface area contributed by atoms with Crippen molar-refractivity contribution in [1.29, 1.82) is 0 Å². The molecule has 3 N–H and O–H groups in total. The molecular weight excluding hydrogens is 274 g/mol. The Morgan fingerprint density at radius 2 is 1.95 bits per heavy atom. The fourth-order valence-corrected chi connectivity index (χ4v) is 2.43. The van der Waals surface area contributed by atoms with E-state index in [-0.39, 0.29) is 22.7 Å². The van der Waals surface area contributed by atoms with E-state index in [0.717, 1.165) is 37.8 Å². The predicted molar refractivity (Wildman–Crippen MR) is 69.1 cm³/mol. The molecule has 0 aliphatic heterocycles. The van der Waals surface area contributed by atoms with Crippen molar-refractivity contribution in [2.45, 2.75) is 37.8 Å². The molecule has 0 heterocycles. The molecule has 1 aromatic rings. The number of carbonyl (C=O) groups is 1. The first-order chi connectivity index (χ1) is 8.99. The van der Waals surface area contributed by atoms with Crippen molar-refractivity contribution in [3.8, 4) is 0 Å². The SMILES string of the molecule is NC1CCCCC1NC(=O)c1cc(F)c(Cl)cc1F. The second-order valence-corrected chi connectivity index (χ2v) is 5.18. The van der Waals surface area contributed by atoms with Crippen LogP contribution in [0.15, 0.2) is 12.1 Å². The minimum Gasteiger partial charge on any atom is -0.348 e. The third kappa shape index (κ3) is 3.22. The van der Waals surface area contributed by atoms with Gasteiger partial charge in [0.25, 0.3) is 5.91 Å². The van der Waals surface area contributed by atoms with E-state index < -0.39 is 17.5 Å². The Bertz CT molecular complexity index is 496. The molecule has 19 heavy (non-hydrogen) atoms. The molecule has 1 aliphatic rings. The summed E-state index contributed by atoms with van der Waals surface area (Å²) < 4.78 is 26.9. The fourth-order valence-electron chi connectivity index (χ4n) is 2.28. The van der Waals surface area contributed by atoms with Gasteiger partial charge in [0.2, 0.25) is 0 Å². The third-order valence-electron chi connectivity index (χ3n) is 3.39. The highest BCUT2D eigenvalue weighted by atomic mass is 35.5. The molecule has 1 fully saturated rings. The van der Waals surface area contributed by atoms with Crippen LogP contribution in [0.5, 0.6) is 0 Å². The Balaban J connectivity index is 2.13. The molecule has 2 rings (SSSR count). The highest BCUT2D eigenvalue weighted by Crippen LogP contribution is 2.21. The van der Waals surface area contributed by atoms with E-state index in [2.05, 4.69) is 5.32 Å². The zero-order valence-electron chi connectivity index (χ0n) is 10.3. The Kier molecular flexibility index (Phi) is 4.37. The summed E-state index contributed by atoms with van der Waals surface area (Å²) >= 11 is 5.44. The number of hydrogen-bond donors (Lipinski definition) is 2. The van der Waals surface area contributed by atoms with Gasteiger partial charge in [-0.05, 0) is 25.0 Å². The van der Waals surface area contributed by atoms with Crippen molar-refractivity contribution in [2.75, 3.05) is 0 Å². The molecule has 2 atom stereocenters. The van der Waals surface area contributed by atoms with E-state index in [1.165, 1.54) is 0 Å². The molecule has 1 saturated carbocycles. The predicted octanol–water partition coefficient (Wildman–Crippen LogP) is 2.62. The number of amides is 1. The number of benzene rings is 1. The lowest BCUT2D eigenvalue weighted by Crippen LogP contribution is -2.49. The Morgan fingerprint density at radius 1 is 1.26 bits per heavy atom. The van der Waals surface area contributed by atoms with Gasteiger partial charge in [0.1, 0.15) is 11.6 Å². The zero-order chi connectivity index (χ0) is 14.0. The first-order valence-electron chi connectivity index (χ1n) is 6.20. The summed E-state index contributed by atoms with van der Waals surface area (Å²) in [6.07, 6.45) is 3.57. The first-order valence-corrected chi connectivity index (χ1v) is 6.58. The summed E-state index contributed by atoms with van der Waals surface area (Å²) in [4.78, 5) is 11.9. The highest BCUT2D eigenvalue weighted by molar-refractivity contribution is 6.30. The lowest BCUT2D eigenvalue weighted by atomic mass is 9.91. The molecular formula is C13H15ClF2N2O. The van der Waals surface area contributed by atoms with Gasteiger partial charge in [0.05, 0.1) is 10.6 Å². The van der Waals surface area contributed by atoms with E-state index in [4.69, 9.17) is 17.3 Å². The van der Waals surface area contributed by atoms with Crippen LogP contribution in [0.2, 0.25) is 5.02 Å². The van der Waals surface area contributed by atoms with E-state index >= 15 is 0 Å². The van der Waals surface area contributed by atoms with Gasteiger partial charge < -0.3 is 11.1 Å². The molecule has 3 nitrogen and oxygen atoms in total. The summed E-state index contributed by atoms with van der Waals surface area (Å²) in [6.45, 7) is 0. The molecule has 0 radical (unpaired) electrons. The zero-order valence-corrected chi connectivity index (χ0v) is 11.0. The van der Waals surface area contributed by atoms with Crippen molar-refractivity contribution in [3.63, 3.8) is 0 Å². The summed E-state index contributed by atoms with van der Waals surface area (Å²) in [5.74, 6) is -2.31. The number of carbonyl (C=O) groups excluding carboxylic acids is 1. The van der Waals surface area contributed by atoms with Crippen LogP contribution in [-0.4, -0.2) is 18.0 Å². The average Bonchev–Trinajstić information content (AvgIpc) is 2.36. The van der Waals surface area contributed by atoms with E-state index in [0.29, 0.717) is 0 Å². The first kappa shape index (κ1) is 14.2. The van der Waals surface area contributed by atoms with Gasteiger partial charge in [-0.15, -0.1) is 0 Å². The number of halogens is 3. The van der Waals surface area contributed by atoms with Crippen LogP contribution in [-0.2, 0) is 0 Å². The Hall–Kier alpha value is -1.20. The van der Waals surface area contributed by atoms with Gasteiger partial charge in [-0.1, -0.05) is 24.4 Å². The van der Waals surface area contributed by atoms with Crippen LogP contribution in [0.4, 0.5) is 8.78 Å². The molecule has 104 valence electrons. The third-order valence-corrected chi connectivity index (χ3v) is 3.68. The van der Waals surface area contributed by atoms with Gasteiger partial charge in [0.15, 0.2) is 0 Å². The molecule has 1 aliphatic carbocycles. The van der Waals surface area contributed by atoms with Crippen LogP contribution >= 0.6 is 11.6 Å². The maximum absolute atomic E-state index is 13.6. The smallest absolute Gasteiger partial charge is 0.254 e. The van der Waals surface area contributed by atoms with E-state index in [1.807, 2.05) is 0 Å². The van der Waals surface area contributed by atoms with Crippen molar-refractivity contribution in [3.05, 3.63) is 34.4 Å². The lowest BCUT2D eigenvalue weighted by molar-refractivity contribution is 0.0916. The van der Waals surface area contributed by atoms with Crippen molar-refractivity contribution < 1.29 is 13.6 Å². The molecule has 1 aromatic carbocycles. The van der Waals surface area contributed by atoms with Crippen molar-refractivity contribution in [2.24, 2.45) is 5.73 Å². The molecule has 0 bridgehead atoms. The minimum atomic E-state index is -0.840. The van der Waals surface area contributed by atoms with Crippen LogP contribution in [0.3, 0.4) is 0 Å². The van der Waals surface area contributed by atoms with E-state index in [9.17, 15) is 13.6 Å². The number of hydrogen-bond acceptors (Lipinski definition) is 2. The van der Waals surface area contributed by atoms with Crippen LogP contribution < -0.4 is 11.1 Å². The fraction of sp³-hybridized carbons (Fsp3) is 0.462. The van der Waals surface area contributed by atoms with Crippen molar-refractivity contribution >= 4 is 17.5 Å². The molecule has 0 aromatic heterocycles. The Labute approximate surface area is 115 Å². The second-order valence-electron chi connectivity index (χ2n) is 4.77. The highest BCUT2D eigenvalue weighted by Gasteiger charge is 2.25. The van der Waals surface area contributed by atoms with Crippen LogP contribution in [0.1, 0.15) is 36.0 Å². The Morgan fingerprint density at radius 3 is 2.63 bits per heavy atom. The standard InChI is InChI=1S/C13H15ClF2N2O/c14-8-6-9(15)7(5-10(8)16)13(19)18-12-4-2-1-3-11(12)17/h5-6,11-12H,1-4,17H2,(H,18,19). The molecule has 2 unspecified atom stereocenters. The van der Waals surface area contributed by atoms with Crippen LogP contribution in [0, 0.1) is 11.6 Å². The monoisotopic (exact) mass is 288 g/mol. The topological polar surface area (TPSA) is 55.1 Å². The molecule has 1 amide bonds. The largest absolute Gasteiger partial charge is 0.348 e. The van der Waals surface area contributed by atoms with Crippen LogP contribution in [0.25, 0.3) is 0 Å². The van der Waals surface area contributed by atoms with E-state index in [1.54, 1.807) is 0 Å². The van der Waals surface area contributed by atoms with Gasteiger partial charge in [-0.3, -0.25) is 4.79 Å². The lowest BCUT2D eigenvalue weighted by Gasteiger charge is -2.29. The van der Waals surface area contributed by atoms with Gasteiger partial charge in [-0.2, -0.15) is 0 Å². The van der Waals surface area contributed by atoms with Gasteiger partial charge in [-0.25, -0.2) is 8.78 Å². The summed E-state index contributed by atoms with van der Waals surface area (Å²) in [5, 5.41) is 2.31. The minimum absolute atomic E-state index is 0.141. The summed E-state index contributed by atoms with van der Waals surface area (Å²) in [7, 11) is 0. The average molecular weight is 289 g/mol. The quantitative estimate of drug-likeness (QED) is 0.822. The second kappa shape index (κ2) is 5.84. The normalized spacial score (nSPS) is 23.2. The number of nitrogens with one attached hydrogen (secondary N) is 1. The van der Waals surface area contributed by atoms with Crippen molar-refractivity contribution in [1.82, 2.24) is 5.32 Å². The van der Waals surface area contributed by atoms with Gasteiger partial charge >= 0.3 is 0 Å². The maximum Gasteiger partial charge on any atom is 0.254 e. The number of rotatable bonds is 2. The molecule has 6 heteroatoms.